The van der Waals surface area contributed by atoms with Crippen LogP contribution in [0.1, 0.15) is 0 Å². The molecule has 0 rings (SSSR count). The van der Waals surface area contributed by atoms with Gasteiger partial charge in [0.2, 0.25) is 0 Å². The van der Waals surface area contributed by atoms with E-state index in [0.717, 1.165) is 0 Å². The molecule has 103 valence electrons. The van der Waals surface area contributed by atoms with Crippen molar-refractivity contribution in [3.8, 4) is 0 Å². The van der Waals surface area contributed by atoms with Crippen molar-refractivity contribution in [1.82, 2.24) is 0 Å². The summed E-state index contributed by atoms with van der Waals surface area (Å²) in [4.78, 5) is 0. The molecule has 0 aromatic rings. The van der Waals surface area contributed by atoms with Crippen LogP contribution in [0.3, 0.4) is 0 Å². The van der Waals surface area contributed by atoms with Crippen molar-refractivity contribution >= 4 is 34.7 Å². The first-order chi connectivity index (χ1) is 7.39. The molecule has 0 aromatic carbocycles. The van der Waals surface area contributed by atoms with Crippen molar-refractivity contribution in [2.45, 2.75) is 52.4 Å². The lowest BCUT2D eigenvalue weighted by molar-refractivity contribution is 0.218. The van der Waals surface area contributed by atoms with Gasteiger partial charge in [-0.25, -0.2) is 0 Å². The summed E-state index contributed by atoms with van der Waals surface area (Å²) in [5.41, 5.74) is 0. The second-order valence-electron chi connectivity index (χ2n) is 5.79. The maximum atomic E-state index is 6.19. The van der Waals surface area contributed by atoms with Crippen molar-refractivity contribution < 1.29 is 16.8 Å². The molecule has 4 nitrogen and oxygen atoms in total. The normalized spacial score (nSPS) is 17.3. The van der Waals surface area contributed by atoms with E-state index in [1.807, 2.05) is 19.6 Å². The van der Waals surface area contributed by atoms with Gasteiger partial charge < -0.3 is 16.8 Å². The Morgan fingerprint density at radius 2 is 1.29 bits per heavy atom. The van der Waals surface area contributed by atoms with E-state index in [1.165, 1.54) is 0 Å². The molecule has 1 unspecified atom stereocenters. The fourth-order valence-corrected chi connectivity index (χ4v) is 14.4. The van der Waals surface area contributed by atoms with E-state index in [4.69, 9.17) is 16.8 Å². The average Bonchev–Trinajstić information content (AvgIpc) is 1.96. The van der Waals surface area contributed by atoms with Gasteiger partial charge in [-0.1, -0.05) is 0 Å². The average molecular weight is 312 g/mol. The summed E-state index contributed by atoms with van der Waals surface area (Å²) in [6, 6.07) is 0. The molecule has 0 bridgehead atoms. The third kappa shape index (κ3) is 8.43. The molecular formula is C9H27O4Si4. The zero-order chi connectivity index (χ0) is 13.9. The first-order valence-electron chi connectivity index (χ1n) is 5.84. The molecular weight excluding hydrogens is 284 g/mol. The minimum Gasteiger partial charge on any atom is -0.417 e. The van der Waals surface area contributed by atoms with Crippen molar-refractivity contribution in [2.75, 3.05) is 7.11 Å². The zero-order valence-corrected chi connectivity index (χ0v) is 16.6. The van der Waals surface area contributed by atoms with Gasteiger partial charge in [0, 0.05) is 13.7 Å². The summed E-state index contributed by atoms with van der Waals surface area (Å²) >= 11 is 0. The van der Waals surface area contributed by atoms with Gasteiger partial charge in [-0.2, -0.15) is 0 Å². The Bertz CT molecular complexity index is 242. The summed E-state index contributed by atoms with van der Waals surface area (Å²) in [7, 11) is -5.52. The smallest absolute Gasteiger partial charge is 0.417 e. The lowest BCUT2D eigenvalue weighted by Gasteiger charge is -2.38. The molecule has 0 aliphatic carbocycles. The van der Waals surface area contributed by atoms with Crippen LogP contribution in [0.4, 0.5) is 0 Å². The Morgan fingerprint density at radius 1 is 0.824 bits per heavy atom. The topological polar surface area (TPSA) is 36.9 Å². The van der Waals surface area contributed by atoms with Crippen molar-refractivity contribution in [3.63, 3.8) is 0 Å². The van der Waals surface area contributed by atoms with Crippen LogP contribution in [0.25, 0.3) is 0 Å². The predicted octanol–water partition coefficient (Wildman–Crippen LogP) is 3.04. The maximum Gasteiger partial charge on any atom is 0.467 e. The third-order valence-electron chi connectivity index (χ3n) is 1.80. The summed E-state index contributed by atoms with van der Waals surface area (Å²) in [6.07, 6.45) is 0. The molecule has 1 radical (unpaired) electrons. The van der Waals surface area contributed by atoms with E-state index < -0.39 is 34.7 Å². The Balaban J connectivity index is 4.85. The Morgan fingerprint density at radius 3 is 1.59 bits per heavy atom. The van der Waals surface area contributed by atoms with E-state index in [9.17, 15) is 0 Å². The third-order valence-corrected chi connectivity index (χ3v) is 13.3. The quantitative estimate of drug-likeness (QED) is 0.677. The first kappa shape index (κ1) is 17.7. The summed E-state index contributed by atoms with van der Waals surface area (Å²) in [5, 5.41) is 0. The highest BCUT2D eigenvalue weighted by molar-refractivity contribution is 6.86. The highest BCUT2D eigenvalue weighted by Gasteiger charge is 2.45. The van der Waals surface area contributed by atoms with E-state index in [0.29, 0.717) is 0 Å². The van der Waals surface area contributed by atoms with Crippen LogP contribution in [0.5, 0.6) is 0 Å². The van der Waals surface area contributed by atoms with Gasteiger partial charge in [0.15, 0.2) is 17.4 Å². The predicted molar refractivity (Wildman–Crippen MR) is 80.2 cm³/mol. The molecule has 8 heteroatoms. The molecule has 0 fully saturated rings. The lowest BCUT2D eigenvalue weighted by atomic mass is 11.8. The Kier molecular flexibility index (Phi) is 6.50. The SMILES string of the molecule is CO[Si](C)(C)O[Si](C)(O[Si](C)C)O[Si](C)(C)C. The fraction of sp³-hybridized carbons (Fsp3) is 1.00. The van der Waals surface area contributed by atoms with Crippen LogP contribution in [0.15, 0.2) is 0 Å². The fourth-order valence-electron chi connectivity index (χ4n) is 1.48. The molecule has 0 heterocycles. The molecule has 17 heavy (non-hydrogen) atoms. The Labute approximate surface area is 111 Å². The zero-order valence-electron chi connectivity index (χ0n) is 12.6. The molecule has 0 N–H and O–H groups in total. The molecule has 0 spiro atoms. The molecule has 0 aliphatic rings. The number of hydrogen-bond acceptors (Lipinski definition) is 4. The van der Waals surface area contributed by atoms with Gasteiger partial charge in [0.05, 0.1) is 0 Å². The van der Waals surface area contributed by atoms with Gasteiger partial charge in [-0.05, 0) is 45.8 Å². The molecule has 0 saturated heterocycles. The van der Waals surface area contributed by atoms with Crippen LogP contribution in [-0.2, 0) is 16.8 Å². The van der Waals surface area contributed by atoms with E-state index in [2.05, 4.69) is 32.7 Å². The summed E-state index contributed by atoms with van der Waals surface area (Å²) < 4.78 is 23.8. The van der Waals surface area contributed by atoms with Crippen LogP contribution in [-0.4, -0.2) is 41.8 Å². The van der Waals surface area contributed by atoms with E-state index >= 15 is 0 Å². The van der Waals surface area contributed by atoms with Gasteiger partial charge >= 0.3 is 17.4 Å². The number of rotatable bonds is 7. The second kappa shape index (κ2) is 6.24. The largest absolute Gasteiger partial charge is 0.467 e. The summed E-state index contributed by atoms with van der Waals surface area (Å²) in [6.45, 7) is 16.7. The van der Waals surface area contributed by atoms with Gasteiger partial charge in [0.25, 0.3) is 0 Å². The van der Waals surface area contributed by atoms with Crippen molar-refractivity contribution in [1.29, 1.82) is 0 Å². The minimum absolute atomic E-state index is 0.842. The molecule has 1 atom stereocenters. The number of hydrogen-bond donors (Lipinski definition) is 0. The van der Waals surface area contributed by atoms with Crippen molar-refractivity contribution in [2.24, 2.45) is 0 Å². The molecule has 0 saturated carbocycles. The standard InChI is InChI=1S/C9H27O4Si4/c1-10-16(7,8)13-17(9,11-14(2)3)12-15(4,5)6/h1-9H3. The van der Waals surface area contributed by atoms with Crippen LogP contribution >= 0.6 is 0 Å². The highest BCUT2D eigenvalue weighted by atomic mass is 28.5. The van der Waals surface area contributed by atoms with Gasteiger partial charge in [0.1, 0.15) is 0 Å². The van der Waals surface area contributed by atoms with Crippen LogP contribution < -0.4 is 0 Å². The summed E-state index contributed by atoms with van der Waals surface area (Å²) in [5.74, 6) is 0. The molecule has 0 amide bonds. The van der Waals surface area contributed by atoms with Gasteiger partial charge in [-0.3, -0.25) is 0 Å². The minimum atomic E-state index is -2.56. The van der Waals surface area contributed by atoms with Crippen LogP contribution in [0, 0.1) is 0 Å². The molecule has 0 aromatic heterocycles. The lowest BCUT2D eigenvalue weighted by Crippen LogP contribution is -2.57. The second-order valence-corrected chi connectivity index (χ2v) is 19.2. The highest BCUT2D eigenvalue weighted by Crippen LogP contribution is 2.22. The van der Waals surface area contributed by atoms with E-state index in [1.54, 1.807) is 7.11 Å². The first-order valence-corrected chi connectivity index (χ1v) is 16.7. The monoisotopic (exact) mass is 311 g/mol. The van der Waals surface area contributed by atoms with Gasteiger partial charge in [-0.15, -0.1) is 0 Å². The molecule has 0 aliphatic heterocycles. The van der Waals surface area contributed by atoms with Crippen molar-refractivity contribution in [3.05, 3.63) is 0 Å². The van der Waals surface area contributed by atoms with Crippen LogP contribution in [0.2, 0.25) is 52.4 Å². The maximum absolute atomic E-state index is 6.19. The van der Waals surface area contributed by atoms with E-state index in [-0.39, 0.29) is 0 Å². The Hall–Kier alpha value is 0.708.